The quantitative estimate of drug-likeness (QED) is 0.853. The van der Waals surface area contributed by atoms with E-state index in [1.165, 1.54) is 24.1 Å². The first-order valence-electron chi connectivity index (χ1n) is 6.54. The molecule has 0 aliphatic rings. The molecule has 0 bridgehead atoms. The van der Waals surface area contributed by atoms with Crippen LogP contribution in [0.3, 0.4) is 0 Å². The zero-order valence-corrected chi connectivity index (χ0v) is 12.1. The summed E-state index contributed by atoms with van der Waals surface area (Å²) in [5.41, 5.74) is 1.54. The van der Waals surface area contributed by atoms with Crippen LogP contribution in [-0.4, -0.2) is 23.3 Å². The van der Waals surface area contributed by atoms with Crippen LogP contribution in [0.15, 0.2) is 34.9 Å². The predicted octanol–water partition coefficient (Wildman–Crippen LogP) is 4.03. The largest absolute Gasteiger partial charge is 0.408 e. The lowest BCUT2D eigenvalue weighted by Gasteiger charge is -2.30. The van der Waals surface area contributed by atoms with Gasteiger partial charge in [0, 0.05) is 12.1 Å². The molecule has 0 saturated carbocycles. The molecule has 1 aromatic heterocycles. The first-order chi connectivity index (χ1) is 9.80. The third-order valence-electron chi connectivity index (χ3n) is 3.45. The molecule has 0 aliphatic carbocycles. The van der Waals surface area contributed by atoms with Gasteiger partial charge in [-0.25, -0.2) is 0 Å². The van der Waals surface area contributed by atoms with E-state index < -0.39 is 12.2 Å². The molecule has 0 fully saturated rings. The highest BCUT2D eigenvalue weighted by atomic mass is 19.4. The van der Waals surface area contributed by atoms with Crippen molar-refractivity contribution in [2.24, 2.45) is 0 Å². The van der Waals surface area contributed by atoms with E-state index in [0.29, 0.717) is 17.0 Å². The van der Waals surface area contributed by atoms with Crippen molar-refractivity contribution in [3.05, 3.63) is 52.9 Å². The minimum absolute atomic E-state index is 0.125. The fraction of sp³-hybridized carbons (Fsp3) is 0.400. The summed E-state index contributed by atoms with van der Waals surface area (Å²) in [4.78, 5) is 1.27. The van der Waals surface area contributed by atoms with Crippen LogP contribution in [0.25, 0.3) is 0 Å². The van der Waals surface area contributed by atoms with Crippen LogP contribution in [0.4, 0.5) is 13.2 Å². The minimum Gasteiger partial charge on any atom is -0.361 e. The molecular weight excluding hydrogens is 281 g/mol. The molecular formula is C15H17F3N2O. The second-order valence-electron chi connectivity index (χ2n) is 5.07. The average Bonchev–Trinajstić information content (AvgIpc) is 2.70. The fourth-order valence-electron chi connectivity index (χ4n) is 2.40. The molecule has 21 heavy (non-hydrogen) atoms. The van der Waals surface area contributed by atoms with Crippen LogP contribution in [-0.2, 0) is 6.54 Å². The van der Waals surface area contributed by atoms with Crippen molar-refractivity contribution >= 4 is 0 Å². The minimum atomic E-state index is -4.35. The fourth-order valence-corrected chi connectivity index (χ4v) is 2.40. The normalized spacial score (nSPS) is 13.7. The Bertz CT molecular complexity index is 573. The Hall–Kier alpha value is -1.82. The molecule has 6 heteroatoms. The third kappa shape index (κ3) is 3.44. The van der Waals surface area contributed by atoms with Crippen molar-refractivity contribution < 1.29 is 17.7 Å². The van der Waals surface area contributed by atoms with E-state index in [1.807, 2.05) is 0 Å². The molecule has 1 atom stereocenters. The van der Waals surface area contributed by atoms with Crippen LogP contribution in [0.2, 0.25) is 0 Å². The van der Waals surface area contributed by atoms with Gasteiger partial charge in [0.05, 0.1) is 5.69 Å². The van der Waals surface area contributed by atoms with Gasteiger partial charge in [-0.1, -0.05) is 35.5 Å². The molecule has 3 nitrogen and oxygen atoms in total. The van der Waals surface area contributed by atoms with Gasteiger partial charge in [-0.15, -0.1) is 0 Å². The molecule has 1 heterocycles. The lowest BCUT2D eigenvalue weighted by atomic mass is 10.0. The SMILES string of the molecule is Cc1noc(C)c1CN(C)[C@H](c1ccccc1)C(F)(F)F. The molecule has 0 spiro atoms. The molecule has 0 aliphatic heterocycles. The smallest absolute Gasteiger partial charge is 0.361 e. The van der Waals surface area contributed by atoms with Crippen molar-refractivity contribution in [1.29, 1.82) is 0 Å². The van der Waals surface area contributed by atoms with Gasteiger partial charge in [-0.3, -0.25) is 4.90 Å². The zero-order chi connectivity index (χ0) is 15.6. The van der Waals surface area contributed by atoms with E-state index in [4.69, 9.17) is 4.52 Å². The van der Waals surface area contributed by atoms with Crippen molar-refractivity contribution in [1.82, 2.24) is 10.1 Å². The number of benzene rings is 1. The molecule has 1 aromatic carbocycles. The van der Waals surface area contributed by atoms with E-state index in [0.717, 1.165) is 0 Å². The number of hydrogen-bond acceptors (Lipinski definition) is 3. The lowest BCUT2D eigenvalue weighted by molar-refractivity contribution is -0.184. The number of hydrogen-bond donors (Lipinski definition) is 0. The molecule has 2 rings (SSSR count). The van der Waals surface area contributed by atoms with Gasteiger partial charge in [0.15, 0.2) is 0 Å². The first-order valence-corrected chi connectivity index (χ1v) is 6.54. The molecule has 0 radical (unpaired) electrons. The molecule has 2 aromatic rings. The van der Waals surface area contributed by atoms with Crippen molar-refractivity contribution in [3.8, 4) is 0 Å². The van der Waals surface area contributed by atoms with Crippen LogP contribution >= 0.6 is 0 Å². The summed E-state index contributed by atoms with van der Waals surface area (Å²) in [6.07, 6.45) is -4.35. The zero-order valence-electron chi connectivity index (χ0n) is 12.1. The second-order valence-corrected chi connectivity index (χ2v) is 5.07. The Labute approximate surface area is 121 Å². The van der Waals surface area contributed by atoms with E-state index >= 15 is 0 Å². The highest BCUT2D eigenvalue weighted by Gasteiger charge is 2.43. The van der Waals surface area contributed by atoms with Crippen LogP contribution in [0.5, 0.6) is 0 Å². The summed E-state index contributed by atoms with van der Waals surface area (Å²) >= 11 is 0. The Morgan fingerprint density at radius 1 is 1.19 bits per heavy atom. The van der Waals surface area contributed by atoms with E-state index in [-0.39, 0.29) is 12.1 Å². The predicted molar refractivity (Wildman–Crippen MR) is 72.7 cm³/mol. The monoisotopic (exact) mass is 298 g/mol. The second kappa shape index (κ2) is 5.89. The van der Waals surface area contributed by atoms with Crippen LogP contribution < -0.4 is 0 Å². The lowest BCUT2D eigenvalue weighted by Crippen LogP contribution is -2.35. The van der Waals surface area contributed by atoms with E-state index in [9.17, 15) is 13.2 Å². The maximum atomic E-state index is 13.4. The molecule has 0 unspecified atom stereocenters. The summed E-state index contributed by atoms with van der Waals surface area (Å²) in [6, 6.07) is 6.23. The summed E-state index contributed by atoms with van der Waals surface area (Å²) < 4.78 is 45.2. The molecule has 0 saturated heterocycles. The van der Waals surface area contributed by atoms with Gasteiger partial charge >= 0.3 is 6.18 Å². The number of aromatic nitrogens is 1. The Balaban J connectivity index is 2.30. The Morgan fingerprint density at radius 2 is 1.81 bits per heavy atom. The van der Waals surface area contributed by atoms with Gasteiger partial charge in [0.25, 0.3) is 0 Å². The van der Waals surface area contributed by atoms with Gasteiger partial charge in [-0.05, 0) is 26.5 Å². The van der Waals surface area contributed by atoms with Crippen molar-refractivity contribution in [2.75, 3.05) is 7.05 Å². The van der Waals surface area contributed by atoms with Gasteiger partial charge in [0.1, 0.15) is 11.8 Å². The molecule has 0 N–H and O–H groups in total. The topological polar surface area (TPSA) is 29.3 Å². The van der Waals surface area contributed by atoms with Gasteiger partial charge in [0.2, 0.25) is 0 Å². The van der Waals surface area contributed by atoms with Gasteiger partial charge < -0.3 is 4.52 Å². The number of aryl methyl sites for hydroxylation is 2. The number of halogens is 3. The van der Waals surface area contributed by atoms with E-state index in [2.05, 4.69) is 5.16 Å². The Kier molecular flexibility index (Phi) is 4.37. The van der Waals surface area contributed by atoms with Crippen molar-refractivity contribution in [2.45, 2.75) is 32.6 Å². The van der Waals surface area contributed by atoms with E-state index in [1.54, 1.807) is 32.0 Å². The Morgan fingerprint density at radius 3 is 2.29 bits per heavy atom. The summed E-state index contributed by atoms with van der Waals surface area (Å²) in [5.74, 6) is 0.549. The van der Waals surface area contributed by atoms with Crippen LogP contribution in [0.1, 0.15) is 28.6 Å². The van der Waals surface area contributed by atoms with Crippen LogP contribution in [0, 0.1) is 13.8 Å². The average molecular weight is 298 g/mol. The number of rotatable bonds is 4. The summed E-state index contributed by atoms with van der Waals surface area (Å²) in [7, 11) is 1.46. The highest BCUT2D eigenvalue weighted by molar-refractivity contribution is 5.23. The number of alkyl halides is 3. The summed E-state index contributed by atoms with van der Waals surface area (Å²) in [6.45, 7) is 3.55. The third-order valence-corrected chi connectivity index (χ3v) is 3.45. The standard InChI is InChI=1S/C15H17F3N2O/c1-10-13(11(2)21-19-10)9-20(3)14(15(16,17)18)12-7-5-4-6-8-12/h4-8,14H,9H2,1-3H3/t14-/m1/s1. The first kappa shape index (κ1) is 15.6. The van der Waals surface area contributed by atoms with Crippen molar-refractivity contribution in [3.63, 3.8) is 0 Å². The molecule has 114 valence electrons. The molecule has 0 amide bonds. The maximum Gasteiger partial charge on any atom is 0.408 e. The highest BCUT2D eigenvalue weighted by Crippen LogP contribution is 2.37. The maximum absolute atomic E-state index is 13.4. The number of nitrogens with zero attached hydrogens (tertiary/aromatic N) is 2. The van der Waals surface area contributed by atoms with Gasteiger partial charge in [-0.2, -0.15) is 13.2 Å². The summed E-state index contributed by atoms with van der Waals surface area (Å²) in [5, 5.41) is 3.78.